The Morgan fingerprint density at radius 1 is 1.53 bits per heavy atom. The molecule has 1 aliphatic heterocycles. The van der Waals surface area contributed by atoms with Crippen molar-refractivity contribution in [3.8, 4) is 0 Å². The minimum Gasteiger partial charge on any atom is -0.396 e. The van der Waals surface area contributed by atoms with Crippen molar-refractivity contribution in [2.75, 3.05) is 18.1 Å². The highest BCUT2D eigenvalue weighted by molar-refractivity contribution is 9.10. The van der Waals surface area contributed by atoms with Crippen molar-refractivity contribution >= 4 is 27.3 Å². The van der Waals surface area contributed by atoms with Gasteiger partial charge in [-0.3, -0.25) is 10.1 Å². The average molecular weight is 329 g/mol. The number of nitro groups is 1. The summed E-state index contributed by atoms with van der Waals surface area (Å²) < 4.78 is 0.762. The summed E-state index contributed by atoms with van der Waals surface area (Å²) in [5, 5.41) is 19.7. The molecule has 1 unspecified atom stereocenters. The molecular formula is C13H17BrN2O3. The van der Waals surface area contributed by atoms with E-state index < -0.39 is 0 Å². The van der Waals surface area contributed by atoms with Gasteiger partial charge in [0.1, 0.15) is 0 Å². The summed E-state index contributed by atoms with van der Waals surface area (Å²) in [5.41, 5.74) is 1.10. The van der Waals surface area contributed by atoms with Gasteiger partial charge in [0.25, 0.3) is 5.69 Å². The Hall–Kier alpha value is -1.14. The van der Waals surface area contributed by atoms with Gasteiger partial charge < -0.3 is 10.0 Å². The Labute approximate surface area is 120 Å². The SMILES string of the molecule is O=[N+]([O-])c1ccc(N2CCCC2CCCO)c(Br)c1. The van der Waals surface area contributed by atoms with Crippen LogP contribution in [0.25, 0.3) is 0 Å². The first-order chi connectivity index (χ1) is 9.13. The fourth-order valence-corrected chi connectivity index (χ4v) is 3.22. The van der Waals surface area contributed by atoms with E-state index in [1.807, 2.05) is 0 Å². The number of rotatable bonds is 5. The molecule has 0 bridgehead atoms. The number of aliphatic hydroxyl groups excluding tert-OH is 1. The molecule has 1 heterocycles. The third kappa shape index (κ3) is 3.25. The van der Waals surface area contributed by atoms with Crippen LogP contribution < -0.4 is 4.90 Å². The number of nitrogens with zero attached hydrogens (tertiary/aromatic N) is 2. The van der Waals surface area contributed by atoms with E-state index >= 15 is 0 Å². The number of halogens is 1. The van der Waals surface area contributed by atoms with Crippen molar-refractivity contribution in [3.63, 3.8) is 0 Å². The molecule has 0 aliphatic carbocycles. The molecule has 104 valence electrons. The van der Waals surface area contributed by atoms with Crippen LogP contribution in [0.1, 0.15) is 25.7 Å². The third-order valence-corrected chi connectivity index (χ3v) is 4.16. The Balaban J connectivity index is 2.18. The van der Waals surface area contributed by atoms with E-state index in [0.29, 0.717) is 6.04 Å². The molecular weight excluding hydrogens is 312 g/mol. The number of non-ortho nitro benzene ring substituents is 1. The number of anilines is 1. The molecule has 2 rings (SSSR count). The molecule has 1 fully saturated rings. The molecule has 0 aromatic heterocycles. The van der Waals surface area contributed by atoms with Crippen LogP contribution in [0.15, 0.2) is 22.7 Å². The number of hydrogen-bond donors (Lipinski definition) is 1. The highest BCUT2D eigenvalue weighted by Gasteiger charge is 2.26. The molecule has 5 nitrogen and oxygen atoms in total. The second kappa shape index (κ2) is 6.34. The molecule has 1 aromatic carbocycles. The molecule has 6 heteroatoms. The largest absolute Gasteiger partial charge is 0.396 e. The van der Waals surface area contributed by atoms with Crippen LogP contribution in [0.2, 0.25) is 0 Å². The Bertz CT molecular complexity index is 467. The first-order valence-electron chi connectivity index (χ1n) is 6.45. The van der Waals surface area contributed by atoms with Crippen molar-refractivity contribution in [3.05, 3.63) is 32.8 Å². The maximum Gasteiger partial charge on any atom is 0.270 e. The van der Waals surface area contributed by atoms with Gasteiger partial charge in [-0.2, -0.15) is 0 Å². The number of nitro benzene ring substituents is 1. The molecule has 1 N–H and O–H groups in total. The van der Waals surface area contributed by atoms with Crippen LogP contribution in [-0.4, -0.2) is 29.2 Å². The van der Waals surface area contributed by atoms with Crippen molar-refractivity contribution in [2.45, 2.75) is 31.7 Å². The number of hydrogen-bond acceptors (Lipinski definition) is 4. The van der Waals surface area contributed by atoms with Gasteiger partial charge in [0.15, 0.2) is 0 Å². The minimum absolute atomic E-state index is 0.0988. The predicted molar refractivity (Wildman–Crippen MR) is 77.5 cm³/mol. The van der Waals surface area contributed by atoms with Gasteiger partial charge in [0.05, 0.1) is 10.6 Å². The lowest BCUT2D eigenvalue weighted by Gasteiger charge is -2.27. The average Bonchev–Trinajstić information content (AvgIpc) is 2.84. The quantitative estimate of drug-likeness (QED) is 0.666. The van der Waals surface area contributed by atoms with Gasteiger partial charge in [0, 0.05) is 35.8 Å². The monoisotopic (exact) mass is 328 g/mol. The van der Waals surface area contributed by atoms with Gasteiger partial charge in [0.2, 0.25) is 0 Å². The van der Waals surface area contributed by atoms with Crippen LogP contribution in [0, 0.1) is 10.1 Å². The van der Waals surface area contributed by atoms with Crippen molar-refractivity contribution in [1.29, 1.82) is 0 Å². The van der Waals surface area contributed by atoms with E-state index in [0.717, 1.165) is 42.4 Å². The second-order valence-electron chi connectivity index (χ2n) is 4.75. The minimum atomic E-state index is -0.387. The molecule has 19 heavy (non-hydrogen) atoms. The smallest absolute Gasteiger partial charge is 0.270 e. The van der Waals surface area contributed by atoms with Gasteiger partial charge in [-0.25, -0.2) is 0 Å². The summed E-state index contributed by atoms with van der Waals surface area (Å²) in [5.74, 6) is 0. The summed E-state index contributed by atoms with van der Waals surface area (Å²) in [4.78, 5) is 12.6. The highest BCUT2D eigenvalue weighted by atomic mass is 79.9. The Morgan fingerprint density at radius 2 is 2.32 bits per heavy atom. The van der Waals surface area contributed by atoms with Crippen LogP contribution >= 0.6 is 15.9 Å². The van der Waals surface area contributed by atoms with Crippen LogP contribution in [0.3, 0.4) is 0 Å². The fourth-order valence-electron chi connectivity index (χ4n) is 2.62. The van der Waals surface area contributed by atoms with E-state index in [9.17, 15) is 10.1 Å². The van der Waals surface area contributed by atoms with E-state index in [1.54, 1.807) is 18.2 Å². The Morgan fingerprint density at radius 3 is 2.95 bits per heavy atom. The van der Waals surface area contributed by atoms with Crippen LogP contribution in [0.5, 0.6) is 0 Å². The lowest BCUT2D eigenvalue weighted by atomic mass is 10.1. The standard InChI is InChI=1S/C13H17BrN2O3/c14-12-9-11(16(18)19)5-6-13(12)15-7-1-3-10(15)4-2-8-17/h5-6,9-10,17H,1-4,7-8H2. The normalized spacial score (nSPS) is 18.8. The maximum atomic E-state index is 10.7. The van der Waals surface area contributed by atoms with Crippen molar-refractivity contribution in [2.24, 2.45) is 0 Å². The lowest BCUT2D eigenvalue weighted by molar-refractivity contribution is -0.384. The van der Waals surface area contributed by atoms with Crippen molar-refractivity contribution < 1.29 is 10.0 Å². The molecule has 0 saturated carbocycles. The van der Waals surface area contributed by atoms with E-state index in [-0.39, 0.29) is 17.2 Å². The molecule has 0 spiro atoms. The highest BCUT2D eigenvalue weighted by Crippen LogP contribution is 2.35. The maximum absolute atomic E-state index is 10.7. The van der Waals surface area contributed by atoms with Gasteiger partial charge in [-0.05, 0) is 47.7 Å². The lowest BCUT2D eigenvalue weighted by Crippen LogP contribution is -2.29. The van der Waals surface area contributed by atoms with Crippen LogP contribution in [0.4, 0.5) is 11.4 Å². The molecule has 1 atom stereocenters. The summed E-state index contributed by atoms with van der Waals surface area (Å²) in [7, 11) is 0. The number of aliphatic hydroxyl groups is 1. The summed E-state index contributed by atoms with van der Waals surface area (Å²) >= 11 is 3.43. The zero-order valence-electron chi connectivity index (χ0n) is 10.6. The molecule has 0 amide bonds. The second-order valence-corrected chi connectivity index (χ2v) is 5.60. The Kier molecular flexibility index (Phi) is 4.76. The summed E-state index contributed by atoms with van der Waals surface area (Å²) in [6, 6.07) is 5.32. The van der Waals surface area contributed by atoms with Crippen molar-refractivity contribution in [1.82, 2.24) is 0 Å². The van der Waals surface area contributed by atoms with Crippen LogP contribution in [-0.2, 0) is 0 Å². The zero-order chi connectivity index (χ0) is 13.8. The first kappa shape index (κ1) is 14.3. The first-order valence-corrected chi connectivity index (χ1v) is 7.24. The molecule has 0 radical (unpaired) electrons. The number of benzene rings is 1. The predicted octanol–water partition coefficient (Wildman–Crippen LogP) is 3.10. The van der Waals surface area contributed by atoms with E-state index in [4.69, 9.17) is 5.11 Å². The summed E-state index contributed by atoms with van der Waals surface area (Å²) in [6.07, 6.45) is 3.99. The van der Waals surface area contributed by atoms with E-state index in [1.165, 1.54) is 0 Å². The molecule has 1 aliphatic rings. The fraction of sp³-hybridized carbons (Fsp3) is 0.538. The van der Waals surface area contributed by atoms with Gasteiger partial charge in [-0.1, -0.05) is 0 Å². The molecule has 1 saturated heterocycles. The van der Waals surface area contributed by atoms with Gasteiger partial charge >= 0.3 is 0 Å². The molecule has 1 aromatic rings. The van der Waals surface area contributed by atoms with E-state index in [2.05, 4.69) is 20.8 Å². The summed E-state index contributed by atoms with van der Waals surface area (Å²) in [6.45, 7) is 1.18. The van der Waals surface area contributed by atoms with Gasteiger partial charge in [-0.15, -0.1) is 0 Å². The topological polar surface area (TPSA) is 66.6 Å². The third-order valence-electron chi connectivity index (χ3n) is 3.52. The zero-order valence-corrected chi connectivity index (χ0v) is 12.2.